The highest BCUT2D eigenvalue weighted by molar-refractivity contribution is 5.76. The van der Waals surface area contributed by atoms with Crippen LogP contribution in [0.2, 0.25) is 0 Å². The van der Waals surface area contributed by atoms with E-state index in [1.807, 2.05) is 32.0 Å². The standard InChI is InChI=1S/C15H24N2O3/c1-5-17(15(18)8-11(2)16)10-12-6-7-13(19-3)14(9-12)20-4/h6-7,9,11H,5,8,10,16H2,1-4H3. The number of carbonyl (C=O) groups is 1. The summed E-state index contributed by atoms with van der Waals surface area (Å²) >= 11 is 0. The summed E-state index contributed by atoms with van der Waals surface area (Å²) in [6, 6.07) is 5.55. The van der Waals surface area contributed by atoms with Gasteiger partial charge in [0.15, 0.2) is 11.5 Å². The van der Waals surface area contributed by atoms with E-state index >= 15 is 0 Å². The zero-order valence-electron chi connectivity index (χ0n) is 12.7. The Bertz CT molecular complexity index is 447. The Morgan fingerprint density at radius 3 is 2.45 bits per heavy atom. The fraction of sp³-hybridized carbons (Fsp3) is 0.533. The van der Waals surface area contributed by atoms with Crippen LogP contribution < -0.4 is 15.2 Å². The van der Waals surface area contributed by atoms with Crippen molar-refractivity contribution in [2.75, 3.05) is 20.8 Å². The molecular weight excluding hydrogens is 256 g/mol. The summed E-state index contributed by atoms with van der Waals surface area (Å²) in [5, 5.41) is 0. The van der Waals surface area contributed by atoms with Crippen LogP contribution in [-0.2, 0) is 11.3 Å². The van der Waals surface area contributed by atoms with Crippen molar-refractivity contribution in [1.29, 1.82) is 0 Å². The maximum Gasteiger partial charge on any atom is 0.224 e. The molecule has 1 unspecified atom stereocenters. The van der Waals surface area contributed by atoms with Gasteiger partial charge in [-0.1, -0.05) is 6.07 Å². The smallest absolute Gasteiger partial charge is 0.224 e. The van der Waals surface area contributed by atoms with E-state index in [9.17, 15) is 4.79 Å². The van der Waals surface area contributed by atoms with Gasteiger partial charge in [0.05, 0.1) is 14.2 Å². The third kappa shape index (κ3) is 4.42. The third-order valence-electron chi connectivity index (χ3n) is 3.05. The van der Waals surface area contributed by atoms with Crippen molar-refractivity contribution in [2.45, 2.75) is 32.9 Å². The minimum absolute atomic E-state index is 0.0669. The van der Waals surface area contributed by atoms with Crippen molar-refractivity contribution in [3.05, 3.63) is 23.8 Å². The Morgan fingerprint density at radius 1 is 1.30 bits per heavy atom. The van der Waals surface area contributed by atoms with E-state index in [0.29, 0.717) is 31.0 Å². The molecule has 0 fully saturated rings. The number of nitrogens with two attached hydrogens (primary N) is 1. The first-order valence-electron chi connectivity index (χ1n) is 6.76. The lowest BCUT2D eigenvalue weighted by Gasteiger charge is -2.22. The van der Waals surface area contributed by atoms with Gasteiger partial charge in [0.2, 0.25) is 5.91 Å². The van der Waals surface area contributed by atoms with Crippen molar-refractivity contribution in [3.8, 4) is 11.5 Å². The zero-order chi connectivity index (χ0) is 15.1. The van der Waals surface area contributed by atoms with Crippen molar-refractivity contribution >= 4 is 5.91 Å². The van der Waals surface area contributed by atoms with Crippen LogP contribution in [-0.4, -0.2) is 37.6 Å². The molecule has 20 heavy (non-hydrogen) atoms. The van der Waals surface area contributed by atoms with E-state index in [0.717, 1.165) is 5.56 Å². The normalized spacial score (nSPS) is 11.8. The molecule has 1 amide bonds. The van der Waals surface area contributed by atoms with E-state index in [1.54, 1.807) is 19.1 Å². The average molecular weight is 280 g/mol. The molecule has 0 aliphatic heterocycles. The van der Waals surface area contributed by atoms with Crippen LogP contribution in [0.15, 0.2) is 18.2 Å². The molecule has 0 aromatic heterocycles. The molecule has 112 valence electrons. The van der Waals surface area contributed by atoms with Crippen molar-refractivity contribution in [2.24, 2.45) is 5.73 Å². The monoisotopic (exact) mass is 280 g/mol. The van der Waals surface area contributed by atoms with Crippen LogP contribution in [0.25, 0.3) is 0 Å². The first-order chi connectivity index (χ1) is 9.51. The fourth-order valence-electron chi connectivity index (χ4n) is 1.98. The lowest BCUT2D eigenvalue weighted by atomic mass is 10.1. The quantitative estimate of drug-likeness (QED) is 0.827. The Morgan fingerprint density at radius 2 is 1.95 bits per heavy atom. The van der Waals surface area contributed by atoms with E-state index in [-0.39, 0.29) is 11.9 Å². The zero-order valence-corrected chi connectivity index (χ0v) is 12.7. The second-order valence-corrected chi connectivity index (χ2v) is 4.78. The maximum absolute atomic E-state index is 12.1. The summed E-state index contributed by atoms with van der Waals surface area (Å²) in [5.74, 6) is 1.42. The summed E-state index contributed by atoms with van der Waals surface area (Å²) in [5.41, 5.74) is 6.68. The molecular formula is C15H24N2O3. The largest absolute Gasteiger partial charge is 0.493 e. The molecule has 0 aliphatic carbocycles. The van der Waals surface area contributed by atoms with Gasteiger partial charge in [-0.3, -0.25) is 4.79 Å². The number of ether oxygens (including phenoxy) is 2. The first kappa shape index (κ1) is 16.3. The number of rotatable bonds is 7. The van der Waals surface area contributed by atoms with Crippen LogP contribution >= 0.6 is 0 Å². The summed E-state index contributed by atoms with van der Waals surface area (Å²) in [6.07, 6.45) is 0.362. The van der Waals surface area contributed by atoms with Crippen LogP contribution in [0.3, 0.4) is 0 Å². The second kappa shape index (κ2) is 7.75. The lowest BCUT2D eigenvalue weighted by molar-refractivity contribution is -0.131. The fourth-order valence-corrected chi connectivity index (χ4v) is 1.98. The van der Waals surface area contributed by atoms with Gasteiger partial charge < -0.3 is 20.1 Å². The van der Waals surface area contributed by atoms with Crippen molar-refractivity contribution < 1.29 is 14.3 Å². The van der Waals surface area contributed by atoms with E-state index in [1.165, 1.54) is 0 Å². The van der Waals surface area contributed by atoms with Crippen LogP contribution in [0.1, 0.15) is 25.8 Å². The topological polar surface area (TPSA) is 64.8 Å². The van der Waals surface area contributed by atoms with Gasteiger partial charge in [-0.25, -0.2) is 0 Å². The number of benzene rings is 1. The molecule has 5 nitrogen and oxygen atoms in total. The predicted octanol–water partition coefficient (Wildman–Crippen LogP) is 1.79. The summed E-state index contributed by atoms with van der Waals surface area (Å²) in [4.78, 5) is 13.8. The average Bonchev–Trinajstić information content (AvgIpc) is 2.43. The Labute approximate surface area is 120 Å². The Hall–Kier alpha value is -1.75. The highest BCUT2D eigenvalue weighted by atomic mass is 16.5. The third-order valence-corrected chi connectivity index (χ3v) is 3.05. The molecule has 5 heteroatoms. The second-order valence-electron chi connectivity index (χ2n) is 4.78. The van der Waals surface area contributed by atoms with Gasteiger partial charge in [0.25, 0.3) is 0 Å². The maximum atomic E-state index is 12.1. The molecule has 0 saturated carbocycles. The van der Waals surface area contributed by atoms with Gasteiger partial charge in [-0.15, -0.1) is 0 Å². The molecule has 0 spiro atoms. The van der Waals surface area contributed by atoms with Crippen molar-refractivity contribution in [3.63, 3.8) is 0 Å². The summed E-state index contributed by atoms with van der Waals surface area (Å²) in [6.45, 7) is 4.99. The van der Waals surface area contributed by atoms with E-state index in [2.05, 4.69) is 0 Å². The highest BCUT2D eigenvalue weighted by Gasteiger charge is 2.14. The molecule has 1 rings (SSSR count). The molecule has 1 aromatic carbocycles. The van der Waals surface area contributed by atoms with Crippen LogP contribution in [0, 0.1) is 0 Å². The van der Waals surface area contributed by atoms with Crippen LogP contribution in [0.5, 0.6) is 11.5 Å². The van der Waals surface area contributed by atoms with Crippen LogP contribution in [0.4, 0.5) is 0 Å². The first-order valence-corrected chi connectivity index (χ1v) is 6.76. The number of hydrogen-bond acceptors (Lipinski definition) is 4. The number of nitrogens with zero attached hydrogens (tertiary/aromatic N) is 1. The minimum Gasteiger partial charge on any atom is -0.493 e. The Kier molecular flexibility index (Phi) is 6.31. The molecule has 0 saturated heterocycles. The molecule has 1 aromatic rings. The van der Waals surface area contributed by atoms with Gasteiger partial charge >= 0.3 is 0 Å². The Balaban J connectivity index is 2.82. The van der Waals surface area contributed by atoms with Gasteiger partial charge in [-0.2, -0.15) is 0 Å². The molecule has 1 atom stereocenters. The minimum atomic E-state index is -0.123. The number of hydrogen-bond donors (Lipinski definition) is 1. The summed E-state index contributed by atoms with van der Waals surface area (Å²) in [7, 11) is 3.20. The van der Waals surface area contributed by atoms with Crippen molar-refractivity contribution in [1.82, 2.24) is 4.90 Å². The molecule has 0 radical (unpaired) electrons. The lowest BCUT2D eigenvalue weighted by Crippen LogP contribution is -2.34. The number of methoxy groups -OCH3 is 2. The van der Waals surface area contributed by atoms with E-state index in [4.69, 9.17) is 15.2 Å². The van der Waals surface area contributed by atoms with E-state index < -0.39 is 0 Å². The molecule has 0 bridgehead atoms. The summed E-state index contributed by atoms with van der Waals surface area (Å²) < 4.78 is 10.5. The molecule has 2 N–H and O–H groups in total. The van der Waals surface area contributed by atoms with Gasteiger partial charge in [-0.05, 0) is 31.5 Å². The highest BCUT2D eigenvalue weighted by Crippen LogP contribution is 2.28. The SMILES string of the molecule is CCN(Cc1ccc(OC)c(OC)c1)C(=O)CC(C)N. The predicted molar refractivity (Wildman–Crippen MR) is 78.9 cm³/mol. The molecule has 0 heterocycles. The number of amides is 1. The van der Waals surface area contributed by atoms with Gasteiger partial charge in [0, 0.05) is 25.6 Å². The number of carbonyl (C=O) groups excluding carboxylic acids is 1. The van der Waals surface area contributed by atoms with Gasteiger partial charge in [0.1, 0.15) is 0 Å². The molecule has 0 aliphatic rings.